The van der Waals surface area contributed by atoms with Gasteiger partial charge in [-0.2, -0.15) is 0 Å². The number of aromatic amines is 1. The minimum absolute atomic E-state index is 0.00602. The van der Waals surface area contributed by atoms with Gasteiger partial charge in [-0.3, -0.25) is 4.79 Å². The summed E-state index contributed by atoms with van der Waals surface area (Å²) in [6.07, 6.45) is 0.345. The average molecular weight is 350 g/mol. The van der Waals surface area contributed by atoms with Gasteiger partial charge in [0.2, 0.25) is 5.91 Å². The van der Waals surface area contributed by atoms with Gasteiger partial charge < -0.3 is 15.0 Å². The van der Waals surface area contributed by atoms with Crippen molar-refractivity contribution in [3.63, 3.8) is 0 Å². The SMILES string of the molecule is Cc1[nH]c2ccccc2c1C(C)(C)CNC(=O)CCOc1ccccc1. The monoisotopic (exact) mass is 350 g/mol. The van der Waals surface area contributed by atoms with E-state index in [4.69, 9.17) is 4.74 Å². The number of aromatic nitrogens is 1. The van der Waals surface area contributed by atoms with Crippen LogP contribution >= 0.6 is 0 Å². The summed E-state index contributed by atoms with van der Waals surface area (Å²) in [7, 11) is 0. The van der Waals surface area contributed by atoms with Gasteiger partial charge in [0.25, 0.3) is 0 Å². The predicted octanol–water partition coefficient (Wildman–Crippen LogP) is 4.34. The van der Waals surface area contributed by atoms with Gasteiger partial charge in [-0.1, -0.05) is 50.2 Å². The molecular formula is C22H26N2O2. The van der Waals surface area contributed by atoms with E-state index in [-0.39, 0.29) is 11.3 Å². The normalized spacial score (nSPS) is 11.5. The Bertz CT molecular complexity index is 882. The van der Waals surface area contributed by atoms with Crippen LogP contribution in [0.15, 0.2) is 54.6 Å². The first kappa shape index (κ1) is 18.1. The molecule has 0 aliphatic rings. The molecule has 0 bridgehead atoms. The van der Waals surface area contributed by atoms with Crippen molar-refractivity contribution in [2.45, 2.75) is 32.6 Å². The van der Waals surface area contributed by atoms with Crippen molar-refractivity contribution in [1.82, 2.24) is 10.3 Å². The second-order valence-electron chi connectivity index (χ2n) is 7.24. The molecule has 2 aromatic carbocycles. The lowest BCUT2D eigenvalue weighted by Gasteiger charge is -2.26. The van der Waals surface area contributed by atoms with E-state index in [0.717, 1.165) is 17.0 Å². The Morgan fingerprint density at radius 3 is 2.54 bits per heavy atom. The van der Waals surface area contributed by atoms with Crippen molar-refractivity contribution in [3.8, 4) is 5.75 Å². The molecule has 0 spiro atoms. The maximum Gasteiger partial charge on any atom is 0.223 e. The van der Waals surface area contributed by atoms with Crippen molar-refractivity contribution in [2.24, 2.45) is 0 Å². The number of benzene rings is 2. The van der Waals surface area contributed by atoms with Crippen LogP contribution in [0.1, 0.15) is 31.5 Å². The van der Waals surface area contributed by atoms with Crippen molar-refractivity contribution < 1.29 is 9.53 Å². The highest BCUT2D eigenvalue weighted by atomic mass is 16.5. The molecule has 0 unspecified atom stereocenters. The number of carbonyl (C=O) groups is 1. The lowest BCUT2D eigenvalue weighted by molar-refractivity contribution is -0.121. The van der Waals surface area contributed by atoms with Gasteiger partial charge in [0, 0.05) is 28.6 Å². The quantitative estimate of drug-likeness (QED) is 0.666. The third-order valence-corrected chi connectivity index (χ3v) is 4.64. The first-order valence-electron chi connectivity index (χ1n) is 9.00. The number of para-hydroxylation sites is 2. The summed E-state index contributed by atoms with van der Waals surface area (Å²) in [6.45, 7) is 7.38. The molecule has 4 heteroatoms. The maximum absolute atomic E-state index is 12.2. The molecule has 3 aromatic rings. The van der Waals surface area contributed by atoms with E-state index in [0.29, 0.717) is 19.6 Å². The topological polar surface area (TPSA) is 54.1 Å². The Morgan fingerprint density at radius 2 is 1.77 bits per heavy atom. The van der Waals surface area contributed by atoms with Gasteiger partial charge in [0.1, 0.15) is 5.75 Å². The zero-order chi connectivity index (χ0) is 18.6. The molecule has 2 N–H and O–H groups in total. The third-order valence-electron chi connectivity index (χ3n) is 4.64. The van der Waals surface area contributed by atoms with Crippen molar-refractivity contribution in [2.75, 3.05) is 13.2 Å². The smallest absolute Gasteiger partial charge is 0.223 e. The van der Waals surface area contributed by atoms with Crippen LogP contribution in [0.2, 0.25) is 0 Å². The molecule has 4 nitrogen and oxygen atoms in total. The second kappa shape index (κ2) is 7.65. The van der Waals surface area contributed by atoms with Crippen LogP contribution < -0.4 is 10.1 Å². The van der Waals surface area contributed by atoms with Gasteiger partial charge in [0.05, 0.1) is 13.0 Å². The Morgan fingerprint density at radius 1 is 1.08 bits per heavy atom. The van der Waals surface area contributed by atoms with Crippen LogP contribution in [-0.4, -0.2) is 24.0 Å². The Labute approximate surface area is 154 Å². The van der Waals surface area contributed by atoms with Crippen molar-refractivity contribution in [3.05, 3.63) is 65.9 Å². The first-order valence-corrected chi connectivity index (χ1v) is 9.00. The molecule has 0 saturated carbocycles. The molecule has 0 atom stereocenters. The number of H-pyrrole nitrogens is 1. The van der Waals surface area contributed by atoms with E-state index in [9.17, 15) is 4.79 Å². The van der Waals surface area contributed by atoms with E-state index in [1.165, 1.54) is 10.9 Å². The number of hydrogen-bond acceptors (Lipinski definition) is 2. The number of nitrogens with one attached hydrogen (secondary N) is 2. The lowest BCUT2D eigenvalue weighted by atomic mass is 9.82. The highest BCUT2D eigenvalue weighted by molar-refractivity contribution is 5.86. The van der Waals surface area contributed by atoms with E-state index >= 15 is 0 Å². The summed E-state index contributed by atoms with van der Waals surface area (Å²) in [5.74, 6) is 0.793. The molecule has 1 amide bonds. The fraction of sp³-hybridized carbons (Fsp3) is 0.318. The standard InChI is InChI=1S/C22H26N2O2/c1-16-21(18-11-7-8-12-19(18)24-16)22(2,3)15-23-20(25)13-14-26-17-9-5-4-6-10-17/h4-12,24H,13-15H2,1-3H3,(H,23,25). The zero-order valence-electron chi connectivity index (χ0n) is 15.6. The number of aryl methyl sites for hydroxylation is 1. The summed E-state index contributed by atoms with van der Waals surface area (Å²) in [5.41, 5.74) is 3.38. The molecule has 136 valence electrons. The number of carbonyl (C=O) groups excluding carboxylic acids is 1. The molecular weight excluding hydrogens is 324 g/mol. The minimum Gasteiger partial charge on any atom is -0.493 e. The number of amides is 1. The van der Waals surface area contributed by atoms with E-state index in [2.05, 4.69) is 49.3 Å². The lowest BCUT2D eigenvalue weighted by Crippen LogP contribution is -2.37. The van der Waals surface area contributed by atoms with Gasteiger partial charge >= 0.3 is 0 Å². The van der Waals surface area contributed by atoms with Crippen LogP contribution in [0.5, 0.6) is 5.75 Å². The Balaban J connectivity index is 1.57. The molecule has 1 aromatic heterocycles. The third kappa shape index (κ3) is 4.07. The summed E-state index contributed by atoms with van der Waals surface area (Å²) in [5, 5.41) is 4.28. The summed E-state index contributed by atoms with van der Waals surface area (Å²) in [4.78, 5) is 15.6. The maximum atomic E-state index is 12.2. The van der Waals surface area contributed by atoms with E-state index < -0.39 is 0 Å². The highest BCUT2D eigenvalue weighted by Crippen LogP contribution is 2.32. The van der Waals surface area contributed by atoms with Crippen molar-refractivity contribution >= 4 is 16.8 Å². The minimum atomic E-state index is -0.167. The molecule has 0 fully saturated rings. The van der Waals surface area contributed by atoms with Crippen LogP contribution in [-0.2, 0) is 10.2 Å². The molecule has 0 saturated heterocycles. The molecule has 0 radical (unpaired) electrons. The Hall–Kier alpha value is -2.75. The summed E-state index contributed by atoms with van der Waals surface area (Å²) < 4.78 is 5.59. The van der Waals surface area contributed by atoms with Gasteiger partial charge in [-0.25, -0.2) is 0 Å². The summed E-state index contributed by atoms with van der Waals surface area (Å²) in [6, 6.07) is 17.9. The fourth-order valence-corrected chi connectivity index (χ4v) is 3.42. The Kier molecular flexibility index (Phi) is 5.31. The average Bonchev–Trinajstić information content (AvgIpc) is 2.97. The fourth-order valence-electron chi connectivity index (χ4n) is 3.42. The van der Waals surface area contributed by atoms with Gasteiger partial charge in [0.15, 0.2) is 0 Å². The van der Waals surface area contributed by atoms with E-state index in [1.54, 1.807) is 0 Å². The van der Waals surface area contributed by atoms with Crippen LogP contribution in [0, 0.1) is 6.92 Å². The molecule has 0 aliphatic heterocycles. The number of rotatable bonds is 7. The van der Waals surface area contributed by atoms with Crippen LogP contribution in [0.3, 0.4) is 0 Å². The second-order valence-corrected chi connectivity index (χ2v) is 7.24. The van der Waals surface area contributed by atoms with Crippen LogP contribution in [0.4, 0.5) is 0 Å². The summed E-state index contributed by atoms with van der Waals surface area (Å²) >= 11 is 0. The van der Waals surface area contributed by atoms with Gasteiger partial charge in [-0.15, -0.1) is 0 Å². The predicted molar refractivity (Wildman–Crippen MR) is 106 cm³/mol. The van der Waals surface area contributed by atoms with Crippen LogP contribution in [0.25, 0.3) is 10.9 Å². The molecule has 0 aliphatic carbocycles. The highest BCUT2D eigenvalue weighted by Gasteiger charge is 2.26. The first-order chi connectivity index (χ1) is 12.5. The largest absolute Gasteiger partial charge is 0.493 e. The molecule has 26 heavy (non-hydrogen) atoms. The number of ether oxygens (including phenoxy) is 1. The number of hydrogen-bond donors (Lipinski definition) is 2. The van der Waals surface area contributed by atoms with Gasteiger partial charge in [-0.05, 0) is 30.7 Å². The van der Waals surface area contributed by atoms with Crippen molar-refractivity contribution in [1.29, 1.82) is 0 Å². The van der Waals surface area contributed by atoms with E-state index in [1.807, 2.05) is 36.4 Å². The zero-order valence-corrected chi connectivity index (χ0v) is 15.6. The molecule has 1 heterocycles. The molecule has 3 rings (SSSR count). The number of fused-ring (bicyclic) bond motifs is 1.